The van der Waals surface area contributed by atoms with Crippen molar-refractivity contribution in [1.29, 1.82) is 0 Å². The number of thiazole rings is 1. The van der Waals surface area contributed by atoms with E-state index in [-0.39, 0.29) is 39.9 Å². The van der Waals surface area contributed by atoms with Crippen molar-refractivity contribution in [3.63, 3.8) is 0 Å². The Balaban J connectivity index is 1.43. The van der Waals surface area contributed by atoms with E-state index in [1.807, 2.05) is 23.8 Å². The van der Waals surface area contributed by atoms with E-state index in [0.29, 0.717) is 23.4 Å². The highest BCUT2D eigenvalue weighted by molar-refractivity contribution is 7.17. The molecule has 0 bridgehead atoms. The number of benzene rings is 1. The first-order valence-electron chi connectivity index (χ1n) is 9.91. The standard InChI is InChI=1S/C22H19ClFN3O3S2/c1-11(7-12-5-6-31-10-12)25-20(29)13-8-16-19(17(28)9-13)32-22(26-16)27-21(30)18-14(23)3-2-4-15(18)24/h2-6,10-11,13H,7-9H2,1H3,(H,25,29)(H,26,27,30). The first-order valence-corrected chi connectivity index (χ1v) is 12.0. The molecule has 0 aliphatic heterocycles. The second-order valence-electron chi connectivity index (χ2n) is 7.62. The Hall–Kier alpha value is -2.62. The molecular formula is C22H19ClFN3O3S2. The van der Waals surface area contributed by atoms with E-state index in [4.69, 9.17) is 11.6 Å². The molecule has 3 aromatic rings. The van der Waals surface area contributed by atoms with E-state index < -0.39 is 17.6 Å². The Bertz CT molecular complexity index is 1160. The fourth-order valence-corrected chi connectivity index (χ4v) is 5.48. The highest BCUT2D eigenvalue weighted by Crippen LogP contribution is 2.33. The van der Waals surface area contributed by atoms with E-state index in [1.165, 1.54) is 12.1 Å². The van der Waals surface area contributed by atoms with Crippen molar-refractivity contribution < 1.29 is 18.8 Å². The van der Waals surface area contributed by atoms with Crippen LogP contribution < -0.4 is 10.6 Å². The van der Waals surface area contributed by atoms with E-state index in [0.717, 1.165) is 23.0 Å². The summed E-state index contributed by atoms with van der Waals surface area (Å²) in [6, 6.07) is 5.91. The van der Waals surface area contributed by atoms with Gasteiger partial charge in [-0.1, -0.05) is 29.0 Å². The van der Waals surface area contributed by atoms with Gasteiger partial charge in [-0.25, -0.2) is 9.37 Å². The van der Waals surface area contributed by atoms with Crippen molar-refractivity contribution in [3.05, 3.63) is 67.6 Å². The molecule has 2 amide bonds. The van der Waals surface area contributed by atoms with Crippen LogP contribution in [-0.2, 0) is 17.6 Å². The van der Waals surface area contributed by atoms with Gasteiger partial charge >= 0.3 is 0 Å². The van der Waals surface area contributed by atoms with Gasteiger partial charge in [0, 0.05) is 18.9 Å². The molecule has 0 fully saturated rings. The number of anilines is 1. The van der Waals surface area contributed by atoms with E-state index in [1.54, 1.807) is 11.3 Å². The maximum Gasteiger partial charge on any atom is 0.261 e. The third-order valence-corrected chi connectivity index (χ3v) is 7.22. The van der Waals surface area contributed by atoms with Gasteiger partial charge in [-0.2, -0.15) is 11.3 Å². The first-order chi connectivity index (χ1) is 15.3. The first kappa shape index (κ1) is 22.6. The lowest BCUT2D eigenvalue weighted by atomic mass is 9.89. The van der Waals surface area contributed by atoms with Gasteiger partial charge in [0.05, 0.1) is 27.1 Å². The summed E-state index contributed by atoms with van der Waals surface area (Å²) in [6.45, 7) is 1.93. The lowest BCUT2D eigenvalue weighted by molar-refractivity contribution is -0.125. The molecule has 2 N–H and O–H groups in total. The number of nitrogens with zero attached hydrogens (tertiary/aromatic N) is 1. The number of rotatable bonds is 6. The highest BCUT2D eigenvalue weighted by atomic mass is 35.5. The summed E-state index contributed by atoms with van der Waals surface area (Å²) >= 11 is 8.56. The van der Waals surface area contributed by atoms with E-state index in [9.17, 15) is 18.8 Å². The van der Waals surface area contributed by atoms with Crippen LogP contribution in [0.25, 0.3) is 0 Å². The molecule has 6 nitrogen and oxygen atoms in total. The van der Waals surface area contributed by atoms with Crippen molar-refractivity contribution >= 4 is 57.0 Å². The van der Waals surface area contributed by atoms with Crippen LogP contribution in [0, 0.1) is 11.7 Å². The van der Waals surface area contributed by atoms with Gasteiger partial charge in [0.15, 0.2) is 10.9 Å². The van der Waals surface area contributed by atoms with Crippen LogP contribution in [0.3, 0.4) is 0 Å². The van der Waals surface area contributed by atoms with Crippen LogP contribution in [0.15, 0.2) is 35.0 Å². The molecule has 10 heteroatoms. The Morgan fingerprint density at radius 2 is 2.12 bits per heavy atom. The van der Waals surface area contributed by atoms with Gasteiger partial charge in [-0.3, -0.25) is 19.7 Å². The maximum absolute atomic E-state index is 14.0. The van der Waals surface area contributed by atoms with Crippen LogP contribution in [-0.4, -0.2) is 28.6 Å². The third-order valence-electron chi connectivity index (χ3n) is 5.11. The number of ketones is 1. The number of carbonyl (C=O) groups excluding carboxylic acids is 3. The number of thiophene rings is 1. The molecule has 2 aromatic heterocycles. The molecule has 1 aromatic carbocycles. The van der Waals surface area contributed by atoms with Crippen LogP contribution in [0.2, 0.25) is 5.02 Å². The normalized spacial score (nSPS) is 16.3. The van der Waals surface area contributed by atoms with Crippen molar-refractivity contribution in [2.24, 2.45) is 5.92 Å². The van der Waals surface area contributed by atoms with Gasteiger partial charge in [0.1, 0.15) is 5.82 Å². The average molecular weight is 492 g/mol. The third kappa shape index (κ3) is 4.90. The lowest BCUT2D eigenvalue weighted by Gasteiger charge is -2.22. The summed E-state index contributed by atoms with van der Waals surface area (Å²) < 4.78 is 14.0. The minimum Gasteiger partial charge on any atom is -0.353 e. The Labute approximate surface area is 196 Å². The molecule has 32 heavy (non-hydrogen) atoms. The second-order valence-corrected chi connectivity index (χ2v) is 9.81. The quantitative estimate of drug-likeness (QED) is 0.521. The van der Waals surface area contributed by atoms with Gasteiger partial charge in [-0.15, -0.1) is 0 Å². The molecule has 2 unspecified atom stereocenters. The fourth-order valence-electron chi connectivity index (χ4n) is 3.62. The number of hydrogen-bond donors (Lipinski definition) is 2. The van der Waals surface area contributed by atoms with Crippen LogP contribution in [0.4, 0.5) is 9.52 Å². The molecule has 0 spiro atoms. The van der Waals surface area contributed by atoms with Crippen molar-refractivity contribution in [1.82, 2.24) is 10.3 Å². The summed E-state index contributed by atoms with van der Waals surface area (Å²) in [7, 11) is 0. The van der Waals surface area contributed by atoms with Crippen LogP contribution in [0.5, 0.6) is 0 Å². The minimum absolute atomic E-state index is 0.0202. The predicted molar refractivity (Wildman–Crippen MR) is 123 cm³/mol. The monoisotopic (exact) mass is 491 g/mol. The van der Waals surface area contributed by atoms with E-state index in [2.05, 4.69) is 15.6 Å². The topological polar surface area (TPSA) is 88.2 Å². The molecule has 4 rings (SSSR count). The van der Waals surface area contributed by atoms with Gasteiger partial charge < -0.3 is 5.32 Å². The summed E-state index contributed by atoms with van der Waals surface area (Å²) in [6.07, 6.45) is 1.09. The number of amides is 2. The molecule has 1 aliphatic carbocycles. The van der Waals surface area contributed by atoms with Crippen molar-refractivity contribution in [3.8, 4) is 0 Å². The van der Waals surface area contributed by atoms with Crippen molar-refractivity contribution in [2.75, 3.05) is 5.32 Å². The minimum atomic E-state index is -0.749. The number of aromatic nitrogens is 1. The maximum atomic E-state index is 14.0. The lowest BCUT2D eigenvalue weighted by Crippen LogP contribution is -2.41. The fraction of sp³-hybridized carbons (Fsp3) is 0.273. The Morgan fingerprint density at radius 3 is 2.84 bits per heavy atom. The van der Waals surface area contributed by atoms with Crippen LogP contribution in [0.1, 0.15) is 44.6 Å². The van der Waals surface area contributed by atoms with Crippen LogP contribution >= 0.6 is 34.3 Å². The largest absolute Gasteiger partial charge is 0.353 e. The van der Waals surface area contributed by atoms with Gasteiger partial charge in [0.2, 0.25) is 5.91 Å². The number of halogens is 2. The SMILES string of the molecule is CC(Cc1ccsc1)NC(=O)C1CC(=O)c2sc(NC(=O)c3c(F)cccc3Cl)nc2C1. The number of hydrogen-bond acceptors (Lipinski definition) is 6. The molecular weight excluding hydrogens is 473 g/mol. The highest BCUT2D eigenvalue weighted by Gasteiger charge is 2.33. The zero-order valence-electron chi connectivity index (χ0n) is 17.0. The average Bonchev–Trinajstić information content (AvgIpc) is 3.37. The zero-order valence-corrected chi connectivity index (χ0v) is 19.4. The summed E-state index contributed by atoms with van der Waals surface area (Å²) in [5.41, 5.74) is 1.33. The molecule has 0 saturated heterocycles. The molecule has 2 heterocycles. The molecule has 0 radical (unpaired) electrons. The second kappa shape index (κ2) is 9.48. The predicted octanol–water partition coefficient (Wildman–Crippen LogP) is 4.74. The summed E-state index contributed by atoms with van der Waals surface area (Å²) in [5.74, 6) is -2.40. The molecule has 0 saturated carbocycles. The smallest absolute Gasteiger partial charge is 0.261 e. The Morgan fingerprint density at radius 1 is 1.31 bits per heavy atom. The van der Waals surface area contributed by atoms with Gasteiger partial charge in [0.25, 0.3) is 5.91 Å². The number of Topliss-reactive ketones (excluding diaryl/α,β-unsaturated/α-hetero) is 1. The molecule has 2 atom stereocenters. The number of fused-ring (bicyclic) bond motifs is 1. The van der Waals surface area contributed by atoms with Gasteiger partial charge in [-0.05, 0) is 47.9 Å². The van der Waals surface area contributed by atoms with Crippen molar-refractivity contribution in [2.45, 2.75) is 32.2 Å². The molecule has 1 aliphatic rings. The summed E-state index contributed by atoms with van der Waals surface area (Å²) in [5, 5.41) is 9.66. The summed E-state index contributed by atoms with van der Waals surface area (Å²) in [4.78, 5) is 42.5. The number of nitrogens with one attached hydrogen (secondary N) is 2. The zero-order chi connectivity index (χ0) is 22.8. The molecule has 166 valence electrons. The Kier molecular flexibility index (Phi) is 6.68. The number of carbonyl (C=O) groups is 3. The van der Waals surface area contributed by atoms with E-state index >= 15 is 0 Å².